The van der Waals surface area contributed by atoms with Crippen molar-refractivity contribution in [3.8, 4) is 11.4 Å². The molecular formula is C18H19N3OS. The van der Waals surface area contributed by atoms with Gasteiger partial charge in [-0.25, -0.2) is 0 Å². The van der Waals surface area contributed by atoms with Crippen LogP contribution in [0, 0.1) is 6.92 Å². The highest BCUT2D eigenvalue weighted by atomic mass is 32.1. The van der Waals surface area contributed by atoms with E-state index in [9.17, 15) is 0 Å². The van der Waals surface area contributed by atoms with Crippen molar-refractivity contribution in [1.82, 2.24) is 15.0 Å². The van der Waals surface area contributed by atoms with Crippen molar-refractivity contribution >= 4 is 11.3 Å². The summed E-state index contributed by atoms with van der Waals surface area (Å²) in [6.07, 6.45) is 2.40. The molecule has 0 radical (unpaired) electrons. The van der Waals surface area contributed by atoms with Crippen molar-refractivity contribution in [2.75, 3.05) is 6.54 Å². The molecule has 23 heavy (non-hydrogen) atoms. The molecule has 1 aliphatic rings. The van der Waals surface area contributed by atoms with Crippen LogP contribution < -0.4 is 0 Å². The van der Waals surface area contributed by atoms with Crippen LogP contribution in [0.2, 0.25) is 0 Å². The predicted molar refractivity (Wildman–Crippen MR) is 91.2 cm³/mol. The summed E-state index contributed by atoms with van der Waals surface area (Å²) in [5, 5.41) is 8.17. The molecule has 1 saturated heterocycles. The zero-order valence-corrected chi connectivity index (χ0v) is 13.9. The zero-order chi connectivity index (χ0) is 15.6. The fourth-order valence-electron chi connectivity index (χ4n) is 3.18. The molecule has 5 heteroatoms. The second-order valence-electron chi connectivity index (χ2n) is 6.06. The Morgan fingerprint density at radius 3 is 2.91 bits per heavy atom. The summed E-state index contributed by atoms with van der Waals surface area (Å²) in [5.74, 6) is 1.39. The summed E-state index contributed by atoms with van der Waals surface area (Å²) in [6.45, 7) is 3.92. The van der Waals surface area contributed by atoms with Crippen LogP contribution >= 0.6 is 11.3 Å². The first-order chi connectivity index (χ1) is 11.3. The minimum absolute atomic E-state index is 0.451. The third kappa shape index (κ3) is 3.07. The number of thiophene rings is 1. The summed E-state index contributed by atoms with van der Waals surface area (Å²) < 4.78 is 5.46. The number of benzene rings is 1. The van der Waals surface area contributed by atoms with Gasteiger partial charge in [0, 0.05) is 17.0 Å². The van der Waals surface area contributed by atoms with E-state index < -0.39 is 0 Å². The molecule has 1 fully saturated rings. The molecule has 1 unspecified atom stereocenters. The minimum Gasteiger partial charge on any atom is -0.338 e. The largest absolute Gasteiger partial charge is 0.338 e. The summed E-state index contributed by atoms with van der Waals surface area (Å²) >= 11 is 1.64. The third-order valence-electron chi connectivity index (χ3n) is 4.41. The van der Waals surface area contributed by atoms with Crippen molar-refractivity contribution in [1.29, 1.82) is 0 Å². The number of rotatable bonds is 4. The van der Waals surface area contributed by atoms with E-state index in [2.05, 4.69) is 46.2 Å². The van der Waals surface area contributed by atoms with Crippen LogP contribution in [0.1, 0.15) is 35.9 Å². The van der Waals surface area contributed by atoms with Crippen molar-refractivity contribution in [2.24, 2.45) is 0 Å². The summed E-state index contributed by atoms with van der Waals surface area (Å²) in [4.78, 5) is 6.99. The third-order valence-corrected chi connectivity index (χ3v) is 5.09. The normalized spacial score (nSPS) is 18.6. The van der Waals surface area contributed by atoms with Crippen LogP contribution in [0.4, 0.5) is 0 Å². The van der Waals surface area contributed by atoms with Gasteiger partial charge in [0.2, 0.25) is 11.7 Å². The Hall–Kier alpha value is -1.98. The molecule has 4 nitrogen and oxygen atoms in total. The molecular weight excluding hydrogens is 306 g/mol. The number of nitrogens with zero attached hydrogens (tertiary/aromatic N) is 3. The molecule has 0 N–H and O–H groups in total. The van der Waals surface area contributed by atoms with Gasteiger partial charge in [0.05, 0.1) is 6.54 Å². The van der Waals surface area contributed by atoms with E-state index in [4.69, 9.17) is 4.52 Å². The lowest BCUT2D eigenvalue weighted by Gasteiger charge is -2.23. The fraction of sp³-hybridized carbons (Fsp3) is 0.333. The number of aromatic nitrogens is 2. The van der Waals surface area contributed by atoms with E-state index >= 15 is 0 Å². The van der Waals surface area contributed by atoms with Gasteiger partial charge in [0.1, 0.15) is 0 Å². The molecule has 1 atom stereocenters. The van der Waals surface area contributed by atoms with Crippen LogP contribution in [0.25, 0.3) is 11.4 Å². The molecule has 0 aliphatic carbocycles. The molecule has 2 aromatic heterocycles. The Morgan fingerprint density at radius 1 is 1.26 bits per heavy atom. The number of likely N-dealkylation sites (tertiary alicyclic amines) is 1. The van der Waals surface area contributed by atoms with Crippen LogP contribution in [0.3, 0.4) is 0 Å². The Balaban J connectivity index is 1.50. The monoisotopic (exact) mass is 325 g/mol. The first kappa shape index (κ1) is 14.6. The highest BCUT2D eigenvalue weighted by Gasteiger charge is 2.27. The van der Waals surface area contributed by atoms with Gasteiger partial charge in [-0.15, -0.1) is 0 Å². The Morgan fingerprint density at radius 2 is 2.13 bits per heavy atom. The Bertz CT molecular complexity index is 764. The summed E-state index contributed by atoms with van der Waals surface area (Å²) in [7, 11) is 0. The molecule has 1 aromatic carbocycles. The van der Waals surface area contributed by atoms with E-state index in [1.165, 1.54) is 24.0 Å². The molecule has 0 bridgehead atoms. The Kier molecular flexibility index (Phi) is 3.97. The van der Waals surface area contributed by atoms with Gasteiger partial charge in [0.15, 0.2) is 0 Å². The van der Waals surface area contributed by atoms with Crippen molar-refractivity contribution in [3.05, 3.63) is 58.1 Å². The maximum atomic E-state index is 5.46. The molecule has 3 aromatic rings. The maximum Gasteiger partial charge on any atom is 0.241 e. The van der Waals surface area contributed by atoms with Gasteiger partial charge in [-0.2, -0.15) is 16.3 Å². The molecule has 118 valence electrons. The van der Waals surface area contributed by atoms with Crippen molar-refractivity contribution in [3.63, 3.8) is 0 Å². The molecule has 0 spiro atoms. The zero-order valence-electron chi connectivity index (χ0n) is 13.1. The smallest absolute Gasteiger partial charge is 0.241 e. The maximum absolute atomic E-state index is 5.46. The SMILES string of the molecule is Cc1ccc(C2CCCN2Cc2nc(-c3ccsc3)no2)cc1. The molecule has 3 heterocycles. The average molecular weight is 325 g/mol. The first-order valence-corrected chi connectivity index (χ1v) is 8.89. The van der Waals surface area contributed by atoms with Crippen LogP contribution in [0.15, 0.2) is 45.6 Å². The van der Waals surface area contributed by atoms with Crippen LogP contribution in [-0.2, 0) is 6.54 Å². The molecule has 0 amide bonds. The van der Waals surface area contributed by atoms with Crippen LogP contribution in [-0.4, -0.2) is 21.6 Å². The topological polar surface area (TPSA) is 42.2 Å². The lowest BCUT2D eigenvalue weighted by atomic mass is 10.0. The quantitative estimate of drug-likeness (QED) is 0.711. The number of hydrogen-bond donors (Lipinski definition) is 0. The lowest BCUT2D eigenvalue weighted by molar-refractivity contribution is 0.212. The van der Waals surface area contributed by atoms with Gasteiger partial charge in [0.25, 0.3) is 0 Å². The number of aryl methyl sites for hydroxylation is 1. The highest BCUT2D eigenvalue weighted by Crippen LogP contribution is 2.33. The Labute approximate surface area is 139 Å². The predicted octanol–water partition coefficient (Wildman–Crippen LogP) is 4.44. The van der Waals surface area contributed by atoms with Gasteiger partial charge in [-0.05, 0) is 43.3 Å². The first-order valence-electron chi connectivity index (χ1n) is 7.95. The van der Waals surface area contributed by atoms with Gasteiger partial charge >= 0.3 is 0 Å². The van der Waals surface area contributed by atoms with Gasteiger partial charge < -0.3 is 4.52 Å². The fourth-order valence-corrected chi connectivity index (χ4v) is 3.82. The molecule has 1 aliphatic heterocycles. The lowest BCUT2D eigenvalue weighted by Crippen LogP contribution is -2.22. The second kappa shape index (κ2) is 6.26. The highest BCUT2D eigenvalue weighted by molar-refractivity contribution is 7.08. The van der Waals surface area contributed by atoms with Crippen LogP contribution in [0.5, 0.6) is 0 Å². The van der Waals surface area contributed by atoms with Crippen molar-refractivity contribution < 1.29 is 4.52 Å². The van der Waals surface area contributed by atoms with Crippen molar-refractivity contribution in [2.45, 2.75) is 32.4 Å². The number of hydrogen-bond acceptors (Lipinski definition) is 5. The van der Waals surface area contributed by atoms with E-state index in [0.29, 0.717) is 17.8 Å². The average Bonchev–Trinajstić information content (AvgIpc) is 3.29. The van der Waals surface area contributed by atoms with Gasteiger partial charge in [-0.3, -0.25) is 4.90 Å². The molecule has 4 rings (SSSR count). The summed E-state index contributed by atoms with van der Waals surface area (Å²) in [5.41, 5.74) is 3.71. The van der Waals surface area contributed by atoms with E-state index in [1.807, 2.05) is 16.8 Å². The molecule has 0 saturated carbocycles. The van der Waals surface area contributed by atoms with E-state index in [-0.39, 0.29) is 0 Å². The van der Waals surface area contributed by atoms with Gasteiger partial charge in [-0.1, -0.05) is 35.0 Å². The van der Waals surface area contributed by atoms with E-state index in [0.717, 1.165) is 18.7 Å². The standard InChI is InChI=1S/C18H19N3OS/c1-13-4-6-14(7-5-13)16-3-2-9-21(16)11-17-19-18(20-22-17)15-8-10-23-12-15/h4-8,10,12,16H,2-3,9,11H2,1H3. The van der Waals surface area contributed by atoms with E-state index in [1.54, 1.807) is 11.3 Å². The minimum atomic E-state index is 0.451. The summed E-state index contributed by atoms with van der Waals surface area (Å²) in [6, 6.07) is 11.3. The second-order valence-corrected chi connectivity index (χ2v) is 6.84.